The fraction of sp³-hybridized carbons (Fsp3) is 0.500. The minimum absolute atomic E-state index is 0.237. The highest BCUT2D eigenvalue weighted by atomic mass is 16.2. The van der Waals surface area contributed by atoms with Crippen LogP contribution in [0.3, 0.4) is 0 Å². The molecule has 1 aliphatic heterocycles. The Bertz CT molecular complexity index is 831. The summed E-state index contributed by atoms with van der Waals surface area (Å²) < 4.78 is 0. The Morgan fingerprint density at radius 1 is 1.11 bits per heavy atom. The van der Waals surface area contributed by atoms with E-state index in [0.717, 1.165) is 42.7 Å². The van der Waals surface area contributed by atoms with Gasteiger partial charge < -0.3 is 20.4 Å². The Kier molecular flexibility index (Phi) is 6.28. The van der Waals surface area contributed by atoms with Crippen molar-refractivity contribution >= 4 is 23.6 Å². The van der Waals surface area contributed by atoms with Crippen LogP contribution < -0.4 is 20.4 Å². The van der Waals surface area contributed by atoms with E-state index in [-0.39, 0.29) is 12.6 Å². The molecule has 2 aromatic rings. The minimum atomic E-state index is -0.279. The van der Waals surface area contributed by atoms with E-state index in [4.69, 9.17) is 0 Å². The van der Waals surface area contributed by atoms with Crippen molar-refractivity contribution < 1.29 is 4.79 Å². The first-order valence-corrected chi connectivity index (χ1v) is 9.72. The fourth-order valence-corrected chi connectivity index (χ4v) is 3.19. The van der Waals surface area contributed by atoms with Crippen LogP contribution in [-0.2, 0) is 6.54 Å². The van der Waals surface area contributed by atoms with Crippen LogP contribution in [0.25, 0.3) is 0 Å². The molecule has 0 spiro atoms. The molecule has 2 N–H and O–H groups in total. The summed E-state index contributed by atoms with van der Waals surface area (Å²) in [5.74, 6) is 1.84. The highest BCUT2D eigenvalue weighted by molar-refractivity contribution is 5.90. The van der Waals surface area contributed by atoms with Crippen molar-refractivity contribution in [3.63, 3.8) is 0 Å². The molecule has 0 saturated carbocycles. The van der Waals surface area contributed by atoms with Gasteiger partial charge in [0.1, 0.15) is 0 Å². The lowest BCUT2D eigenvalue weighted by molar-refractivity contribution is 0.251. The van der Waals surface area contributed by atoms with E-state index >= 15 is 0 Å². The number of benzene rings is 1. The number of anilines is 3. The zero-order valence-electron chi connectivity index (χ0n) is 17.1. The van der Waals surface area contributed by atoms with Crippen LogP contribution in [0.4, 0.5) is 22.4 Å². The Hall–Kier alpha value is -2.90. The third-order valence-electron chi connectivity index (χ3n) is 4.73. The van der Waals surface area contributed by atoms with E-state index in [1.165, 1.54) is 6.42 Å². The van der Waals surface area contributed by atoms with Gasteiger partial charge in [0, 0.05) is 32.9 Å². The van der Waals surface area contributed by atoms with Gasteiger partial charge in [-0.3, -0.25) is 0 Å². The Labute approximate surface area is 166 Å². The molecular weight excluding hydrogens is 354 g/mol. The third-order valence-corrected chi connectivity index (χ3v) is 4.73. The number of carbonyl (C=O) groups excluding carboxylic acids is 1. The van der Waals surface area contributed by atoms with E-state index < -0.39 is 0 Å². The second-order valence-corrected chi connectivity index (χ2v) is 7.42. The van der Waals surface area contributed by atoms with E-state index in [1.807, 2.05) is 51.0 Å². The van der Waals surface area contributed by atoms with Crippen molar-refractivity contribution in [2.75, 3.05) is 42.3 Å². The number of rotatable bonds is 5. The molecule has 28 heavy (non-hydrogen) atoms. The Balaban J connectivity index is 1.68. The number of carbonyl (C=O) groups is 1. The van der Waals surface area contributed by atoms with E-state index in [2.05, 4.69) is 30.5 Å². The van der Waals surface area contributed by atoms with Crippen molar-refractivity contribution in [2.45, 2.75) is 39.7 Å². The predicted molar refractivity (Wildman–Crippen MR) is 112 cm³/mol. The number of hydrogen-bond acceptors (Lipinski definition) is 6. The van der Waals surface area contributed by atoms with Crippen LogP contribution in [0.15, 0.2) is 18.2 Å². The van der Waals surface area contributed by atoms with Crippen molar-refractivity contribution in [1.82, 2.24) is 20.3 Å². The standard InChI is InChI=1S/C20H29N7O/c1-14-8-9-16(15(2)12-14)22-20(28)21-13-17-23-18(26(3)4)25-19(24-17)27-10-6-5-7-11-27/h8-9,12H,5-7,10-11,13H2,1-4H3,(H2,21,22,28). The first-order chi connectivity index (χ1) is 13.4. The number of nitrogens with zero attached hydrogens (tertiary/aromatic N) is 5. The normalized spacial score (nSPS) is 13.9. The van der Waals surface area contributed by atoms with Gasteiger partial charge in [-0.05, 0) is 44.7 Å². The first kappa shape index (κ1) is 19.9. The number of aryl methyl sites for hydroxylation is 2. The molecule has 0 unspecified atom stereocenters. The maximum absolute atomic E-state index is 12.3. The van der Waals surface area contributed by atoms with Gasteiger partial charge in [-0.15, -0.1) is 0 Å². The summed E-state index contributed by atoms with van der Waals surface area (Å²) in [5.41, 5.74) is 2.98. The monoisotopic (exact) mass is 383 g/mol. The number of piperidine rings is 1. The zero-order valence-corrected chi connectivity index (χ0v) is 17.1. The highest BCUT2D eigenvalue weighted by Crippen LogP contribution is 2.18. The lowest BCUT2D eigenvalue weighted by Gasteiger charge is -2.27. The molecule has 3 rings (SSSR count). The number of aromatic nitrogens is 3. The van der Waals surface area contributed by atoms with Crippen molar-refractivity contribution in [3.05, 3.63) is 35.2 Å². The molecule has 0 radical (unpaired) electrons. The van der Waals surface area contributed by atoms with Crippen LogP contribution in [0.5, 0.6) is 0 Å². The summed E-state index contributed by atoms with van der Waals surface area (Å²) in [6.07, 6.45) is 3.54. The molecule has 1 aromatic carbocycles. The van der Waals surface area contributed by atoms with Crippen LogP contribution in [0.1, 0.15) is 36.2 Å². The molecule has 8 heteroatoms. The van der Waals surface area contributed by atoms with Gasteiger partial charge in [-0.25, -0.2) is 4.79 Å². The quantitative estimate of drug-likeness (QED) is 0.826. The summed E-state index contributed by atoms with van der Waals surface area (Å²) in [5, 5.41) is 5.73. The van der Waals surface area contributed by atoms with E-state index in [1.54, 1.807) is 0 Å². The van der Waals surface area contributed by atoms with Gasteiger partial charge >= 0.3 is 6.03 Å². The molecule has 1 saturated heterocycles. The minimum Gasteiger partial charge on any atom is -0.347 e. The van der Waals surface area contributed by atoms with Crippen LogP contribution >= 0.6 is 0 Å². The summed E-state index contributed by atoms with van der Waals surface area (Å²) in [7, 11) is 3.80. The molecule has 2 heterocycles. The lowest BCUT2D eigenvalue weighted by atomic mass is 10.1. The Morgan fingerprint density at radius 2 is 1.86 bits per heavy atom. The van der Waals surface area contributed by atoms with E-state index in [0.29, 0.717) is 17.7 Å². The van der Waals surface area contributed by atoms with Gasteiger partial charge in [0.05, 0.1) is 6.54 Å². The largest absolute Gasteiger partial charge is 0.347 e. The van der Waals surface area contributed by atoms with Gasteiger partial charge in [0.15, 0.2) is 5.82 Å². The summed E-state index contributed by atoms with van der Waals surface area (Å²) in [6.45, 7) is 6.15. The first-order valence-electron chi connectivity index (χ1n) is 9.72. The summed E-state index contributed by atoms with van der Waals surface area (Å²) in [4.78, 5) is 30.0. The predicted octanol–water partition coefficient (Wildman–Crippen LogP) is 2.87. The maximum Gasteiger partial charge on any atom is 0.319 e. The molecule has 1 fully saturated rings. The third kappa shape index (κ3) is 5.09. The highest BCUT2D eigenvalue weighted by Gasteiger charge is 2.17. The van der Waals surface area contributed by atoms with Gasteiger partial charge in [-0.1, -0.05) is 17.7 Å². The second kappa shape index (κ2) is 8.86. The maximum atomic E-state index is 12.3. The van der Waals surface area contributed by atoms with Crippen LogP contribution in [0, 0.1) is 13.8 Å². The molecule has 0 atom stereocenters. The molecule has 8 nitrogen and oxygen atoms in total. The second-order valence-electron chi connectivity index (χ2n) is 7.42. The summed E-state index contributed by atoms with van der Waals surface area (Å²) >= 11 is 0. The molecular formula is C20H29N7O. The van der Waals surface area contributed by atoms with Gasteiger partial charge in [-0.2, -0.15) is 15.0 Å². The topological polar surface area (TPSA) is 86.3 Å². The zero-order chi connectivity index (χ0) is 20.1. The fourth-order valence-electron chi connectivity index (χ4n) is 3.19. The Morgan fingerprint density at radius 3 is 2.54 bits per heavy atom. The number of nitrogens with one attached hydrogen (secondary N) is 2. The SMILES string of the molecule is Cc1ccc(NC(=O)NCc2nc(N(C)C)nc(N3CCCCC3)n2)c(C)c1. The lowest BCUT2D eigenvalue weighted by Crippen LogP contribution is -2.33. The summed E-state index contributed by atoms with van der Waals surface area (Å²) in [6, 6.07) is 5.64. The average molecular weight is 384 g/mol. The molecule has 2 amide bonds. The number of hydrogen-bond donors (Lipinski definition) is 2. The van der Waals surface area contributed by atoms with Crippen molar-refractivity contribution in [2.24, 2.45) is 0 Å². The molecule has 0 bridgehead atoms. The smallest absolute Gasteiger partial charge is 0.319 e. The van der Waals surface area contributed by atoms with E-state index in [9.17, 15) is 4.79 Å². The van der Waals surface area contributed by atoms with Crippen LogP contribution in [0.2, 0.25) is 0 Å². The molecule has 0 aliphatic carbocycles. The number of urea groups is 1. The molecule has 150 valence electrons. The number of amides is 2. The molecule has 1 aliphatic rings. The van der Waals surface area contributed by atoms with Gasteiger partial charge in [0.25, 0.3) is 0 Å². The van der Waals surface area contributed by atoms with Gasteiger partial charge in [0.2, 0.25) is 11.9 Å². The average Bonchev–Trinajstić information content (AvgIpc) is 2.69. The van der Waals surface area contributed by atoms with Crippen LogP contribution in [-0.4, -0.2) is 48.2 Å². The van der Waals surface area contributed by atoms with Crippen molar-refractivity contribution in [3.8, 4) is 0 Å². The van der Waals surface area contributed by atoms with Crippen molar-refractivity contribution in [1.29, 1.82) is 0 Å². The molecule has 1 aromatic heterocycles.